The van der Waals surface area contributed by atoms with E-state index >= 15 is 0 Å². The maximum Gasteiger partial charge on any atom is 0.284 e. The van der Waals surface area contributed by atoms with Crippen molar-refractivity contribution in [1.29, 1.82) is 0 Å². The zero-order valence-electron chi connectivity index (χ0n) is 16.9. The van der Waals surface area contributed by atoms with E-state index in [9.17, 15) is 13.2 Å². The molecule has 0 fully saturated rings. The van der Waals surface area contributed by atoms with E-state index in [1.807, 2.05) is 41.1 Å². The second-order valence-electron chi connectivity index (χ2n) is 7.00. The maximum absolute atomic E-state index is 12.3. The minimum Gasteiger partial charge on any atom is -0.343 e. The van der Waals surface area contributed by atoms with Crippen LogP contribution in [0.4, 0.5) is 5.13 Å². The summed E-state index contributed by atoms with van der Waals surface area (Å²) in [6, 6.07) is 15.3. The molecule has 1 amide bonds. The lowest BCUT2D eigenvalue weighted by molar-refractivity contribution is 0.0977. The molecule has 0 saturated carbocycles. The van der Waals surface area contributed by atoms with E-state index < -0.39 is 15.9 Å². The van der Waals surface area contributed by atoms with Gasteiger partial charge in [0.1, 0.15) is 5.69 Å². The highest BCUT2D eigenvalue weighted by Gasteiger charge is 2.21. The Morgan fingerprint density at radius 1 is 1.16 bits per heavy atom. The molecule has 0 atom stereocenters. The Morgan fingerprint density at radius 2 is 1.87 bits per heavy atom. The quantitative estimate of drug-likeness (QED) is 0.487. The SMILES string of the molecule is Cc1sc(N(CCc2ccc(Cl)cc2Cl)Cc2ccccc2)nc1C(=O)NS(C)(=O)=O. The first-order chi connectivity index (χ1) is 14.6. The van der Waals surface area contributed by atoms with Crippen molar-refractivity contribution in [1.82, 2.24) is 9.71 Å². The molecule has 0 spiro atoms. The molecule has 3 rings (SSSR count). The molecule has 0 saturated heterocycles. The smallest absolute Gasteiger partial charge is 0.284 e. The zero-order valence-corrected chi connectivity index (χ0v) is 20.1. The number of nitrogens with one attached hydrogen (secondary N) is 1. The molecular formula is C21H21Cl2N3O3S2. The van der Waals surface area contributed by atoms with E-state index in [0.29, 0.717) is 39.6 Å². The molecule has 1 aromatic heterocycles. The number of thiazole rings is 1. The Morgan fingerprint density at radius 3 is 2.52 bits per heavy atom. The predicted molar refractivity (Wildman–Crippen MR) is 127 cm³/mol. The minimum absolute atomic E-state index is 0.105. The van der Waals surface area contributed by atoms with Crippen LogP contribution in [0.15, 0.2) is 48.5 Å². The molecule has 31 heavy (non-hydrogen) atoms. The van der Waals surface area contributed by atoms with Crippen molar-refractivity contribution in [2.45, 2.75) is 19.9 Å². The molecule has 0 aliphatic rings. The first-order valence-corrected chi connectivity index (χ1v) is 12.8. The molecule has 0 bridgehead atoms. The topological polar surface area (TPSA) is 79.4 Å². The summed E-state index contributed by atoms with van der Waals surface area (Å²) < 4.78 is 24.8. The van der Waals surface area contributed by atoms with Gasteiger partial charge in [-0.1, -0.05) is 59.6 Å². The van der Waals surface area contributed by atoms with Crippen molar-refractivity contribution in [3.05, 3.63) is 80.3 Å². The van der Waals surface area contributed by atoms with Crippen LogP contribution >= 0.6 is 34.5 Å². The highest BCUT2D eigenvalue weighted by molar-refractivity contribution is 7.89. The number of amides is 1. The van der Waals surface area contributed by atoms with E-state index in [-0.39, 0.29) is 5.69 Å². The number of carbonyl (C=O) groups excluding carboxylic acids is 1. The summed E-state index contributed by atoms with van der Waals surface area (Å²) in [5, 5.41) is 1.80. The normalized spacial score (nSPS) is 11.4. The fraction of sp³-hybridized carbons (Fsp3) is 0.238. The van der Waals surface area contributed by atoms with Crippen LogP contribution in [0.5, 0.6) is 0 Å². The molecule has 2 aromatic carbocycles. The first-order valence-electron chi connectivity index (χ1n) is 9.35. The Labute approximate surface area is 195 Å². The standard InChI is InChI=1S/C21H21Cl2N3O3S2/c1-14-19(20(27)25-31(2,28)29)24-21(30-14)26(13-15-6-4-3-5-7-15)11-10-16-8-9-17(22)12-18(16)23/h3-9,12H,10-11,13H2,1-2H3,(H,25,27). The van der Waals surface area contributed by atoms with Crippen LogP contribution in [0.25, 0.3) is 0 Å². The number of sulfonamides is 1. The predicted octanol–water partition coefficient (Wildman–Crippen LogP) is 4.70. The Hall–Kier alpha value is -2.13. The molecule has 0 radical (unpaired) electrons. The first kappa shape index (κ1) is 23.5. The van der Waals surface area contributed by atoms with Gasteiger partial charge in [0.2, 0.25) is 10.0 Å². The molecule has 6 nitrogen and oxygen atoms in total. The van der Waals surface area contributed by atoms with Gasteiger partial charge in [-0.3, -0.25) is 4.79 Å². The number of aromatic nitrogens is 1. The van der Waals surface area contributed by atoms with Crippen molar-refractivity contribution in [2.75, 3.05) is 17.7 Å². The van der Waals surface area contributed by atoms with Gasteiger partial charge in [0, 0.05) is 28.0 Å². The third-order valence-corrected chi connectivity index (χ3v) is 6.61. The second kappa shape index (κ2) is 9.99. The van der Waals surface area contributed by atoms with Crippen molar-refractivity contribution < 1.29 is 13.2 Å². The number of carbonyl (C=O) groups is 1. The average molecular weight is 498 g/mol. The van der Waals surface area contributed by atoms with Gasteiger partial charge in [-0.25, -0.2) is 18.1 Å². The van der Waals surface area contributed by atoms with Gasteiger partial charge < -0.3 is 4.90 Å². The molecular weight excluding hydrogens is 477 g/mol. The molecule has 164 valence electrons. The number of halogens is 2. The Kier molecular flexibility index (Phi) is 7.59. The van der Waals surface area contributed by atoms with Gasteiger partial charge in [-0.05, 0) is 36.6 Å². The maximum atomic E-state index is 12.3. The molecule has 1 N–H and O–H groups in total. The van der Waals surface area contributed by atoms with E-state index in [2.05, 4.69) is 9.88 Å². The fourth-order valence-electron chi connectivity index (χ4n) is 2.97. The van der Waals surface area contributed by atoms with Gasteiger partial charge >= 0.3 is 0 Å². The van der Waals surface area contributed by atoms with E-state index in [1.54, 1.807) is 19.1 Å². The molecule has 0 aliphatic carbocycles. The molecule has 3 aromatic rings. The third kappa shape index (κ3) is 6.67. The lowest BCUT2D eigenvalue weighted by Crippen LogP contribution is -2.30. The van der Waals surface area contributed by atoms with Crippen molar-refractivity contribution in [2.24, 2.45) is 0 Å². The third-order valence-electron chi connectivity index (χ3n) is 4.43. The molecule has 0 unspecified atom stereocenters. The van der Waals surface area contributed by atoms with Crippen LogP contribution in [-0.2, 0) is 23.0 Å². The summed E-state index contributed by atoms with van der Waals surface area (Å²) in [5.74, 6) is -0.733. The molecule has 0 aliphatic heterocycles. The number of anilines is 1. The van der Waals surface area contributed by atoms with Crippen LogP contribution in [0, 0.1) is 6.92 Å². The highest BCUT2D eigenvalue weighted by atomic mass is 35.5. The molecule has 1 heterocycles. The van der Waals surface area contributed by atoms with Gasteiger partial charge in [0.25, 0.3) is 5.91 Å². The monoisotopic (exact) mass is 497 g/mol. The summed E-state index contributed by atoms with van der Waals surface area (Å²) in [6.45, 7) is 2.91. The zero-order chi connectivity index (χ0) is 22.6. The summed E-state index contributed by atoms with van der Waals surface area (Å²) in [7, 11) is -3.68. The van der Waals surface area contributed by atoms with E-state index in [1.165, 1.54) is 11.3 Å². The minimum atomic E-state index is -3.68. The number of hydrogen-bond donors (Lipinski definition) is 1. The number of rotatable bonds is 8. The van der Waals surface area contributed by atoms with Crippen LogP contribution in [0.1, 0.15) is 26.5 Å². The fourth-order valence-corrected chi connectivity index (χ4v) is 4.84. The molecule has 10 heteroatoms. The lowest BCUT2D eigenvalue weighted by atomic mass is 10.1. The van der Waals surface area contributed by atoms with Crippen LogP contribution in [0.3, 0.4) is 0 Å². The lowest BCUT2D eigenvalue weighted by Gasteiger charge is -2.22. The van der Waals surface area contributed by atoms with Crippen LogP contribution in [0.2, 0.25) is 10.0 Å². The number of benzene rings is 2. The number of hydrogen-bond acceptors (Lipinski definition) is 6. The van der Waals surface area contributed by atoms with Crippen molar-refractivity contribution in [3.8, 4) is 0 Å². The van der Waals surface area contributed by atoms with Crippen molar-refractivity contribution in [3.63, 3.8) is 0 Å². The average Bonchev–Trinajstić information content (AvgIpc) is 3.07. The van der Waals surface area contributed by atoms with Crippen LogP contribution < -0.4 is 9.62 Å². The number of nitrogens with zero attached hydrogens (tertiary/aromatic N) is 2. The largest absolute Gasteiger partial charge is 0.343 e. The summed E-state index contributed by atoms with van der Waals surface area (Å²) in [4.78, 5) is 19.5. The van der Waals surface area contributed by atoms with E-state index in [0.717, 1.165) is 17.4 Å². The van der Waals surface area contributed by atoms with Gasteiger partial charge in [-0.15, -0.1) is 11.3 Å². The Bertz CT molecular complexity index is 1180. The summed E-state index contributed by atoms with van der Waals surface area (Å²) in [5.41, 5.74) is 2.14. The Balaban J connectivity index is 1.87. The van der Waals surface area contributed by atoms with Crippen LogP contribution in [-0.4, -0.2) is 32.1 Å². The summed E-state index contributed by atoms with van der Waals surface area (Å²) in [6.07, 6.45) is 1.58. The van der Waals surface area contributed by atoms with Crippen molar-refractivity contribution >= 4 is 55.6 Å². The summed E-state index contributed by atoms with van der Waals surface area (Å²) >= 11 is 13.7. The highest BCUT2D eigenvalue weighted by Crippen LogP contribution is 2.28. The van der Waals surface area contributed by atoms with Gasteiger partial charge in [-0.2, -0.15) is 0 Å². The van der Waals surface area contributed by atoms with E-state index in [4.69, 9.17) is 23.2 Å². The van der Waals surface area contributed by atoms with Gasteiger partial charge in [0.15, 0.2) is 5.13 Å². The van der Waals surface area contributed by atoms with Gasteiger partial charge in [0.05, 0.1) is 6.26 Å². The second-order valence-corrected chi connectivity index (χ2v) is 10.8. The number of aryl methyl sites for hydroxylation is 1.